The summed E-state index contributed by atoms with van der Waals surface area (Å²) in [6.45, 7) is 1.81. The van der Waals surface area contributed by atoms with E-state index in [0.717, 1.165) is 22.7 Å². The maximum atomic E-state index is 12.4. The van der Waals surface area contributed by atoms with Gasteiger partial charge in [-0.2, -0.15) is 9.36 Å². The highest BCUT2D eigenvalue weighted by Crippen LogP contribution is 2.25. The van der Waals surface area contributed by atoms with Crippen molar-refractivity contribution in [2.24, 2.45) is 0 Å². The minimum atomic E-state index is -3.75. The van der Waals surface area contributed by atoms with Gasteiger partial charge in [0.15, 0.2) is 5.82 Å². The normalized spacial score (nSPS) is 11.4. The van der Waals surface area contributed by atoms with Crippen LogP contribution in [-0.4, -0.2) is 17.8 Å². The third-order valence-electron chi connectivity index (χ3n) is 3.13. The topological polar surface area (TPSA) is 72.0 Å². The summed E-state index contributed by atoms with van der Waals surface area (Å²) in [5.74, 6) is 0.482. The Labute approximate surface area is 143 Å². The van der Waals surface area contributed by atoms with Gasteiger partial charge in [-0.15, -0.1) is 0 Å². The van der Waals surface area contributed by atoms with Crippen LogP contribution in [0.25, 0.3) is 11.4 Å². The molecule has 0 aliphatic rings. The van der Waals surface area contributed by atoms with E-state index in [4.69, 9.17) is 11.6 Å². The predicted molar refractivity (Wildman–Crippen MR) is 92.3 cm³/mol. The van der Waals surface area contributed by atoms with Gasteiger partial charge in [0.2, 0.25) is 5.13 Å². The minimum Gasteiger partial charge on any atom is -0.253 e. The molecule has 118 valence electrons. The molecule has 0 saturated carbocycles. The van der Waals surface area contributed by atoms with Crippen molar-refractivity contribution in [2.45, 2.75) is 11.8 Å². The zero-order valence-corrected chi connectivity index (χ0v) is 14.4. The second-order valence-electron chi connectivity index (χ2n) is 4.81. The molecule has 3 rings (SSSR count). The van der Waals surface area contributed by atoms with Crippen LogP contribution in [0.15, 0.2) is 53.4 Å². The fraction of sp³-hybridized carbons (Fsp3) is 0.0667. The highest BCUT2D eigenvalue weighted by Gasteiger charge is 2.18. The summed E-state index contributed by atoms with van der Waals surface area (Å²) in [5.41, 5.74) is 1.64. The Morgan fingerprint density at radius 3 is 2.57 bits per heavy atom. The van der Waals surface area contributed by atoms with Gasteiger partial charge in [0.1, 0.15) is 0 Å². The van der Waals surface area contributed by atoms with Crippen molar-refractivity contribution < 1.29 is 8.42 Å². The van der Waals surface area contributed by atoms with Crippen LogP contribution < -0.4 is 4.72 Å². The molecule has 8 heteroatoms. The van der Waals surface area contributed by atoms with Crippen LogP contribution in [0.2, 0.25) is 5.02 Å². The van der Waals surface area contributed by atoms with E-state index in [0.29, 0.717) is 10.8 Å². The van der Waals surface area contributed by atoms with Gasteiger partial charge < -0.3 is 0 Å². The lowest BCUT2D eigenvalue weighted by Gasteiger charge is -2.06. The van der Waals surface area contributed by atoms with E-state index in [1.165, 1.54) is 12.1 Å². The Morgan fingerprint density at radius 2 is 1.87 bits per heavy atom. The number of sulfonamides is 1. The Balaban J connectivity index is 1.86. The highest BCUT2D eigenvalue weighted by molar-refractivity contribution is 7.93. The first-order valence-corrected chi connectivity index (χ1v) is 9.27. The van der Waals surface area contributed by atoms with Gasteiger partial charge in [0, 0.05) is 22.1 Å². The molecule has 1 heterocycles. The Hall–Kier alpha value is -1.96. The summed E-state index contributed by atoms with van der Waals surface area (Å²) in [6.07, 6.45) is 0. The number of hydrogen-bond acceptors (Lipinski definition) is 5. The first-order valence-electron chi connectivity index (χ1n) is 6.64. The van der Waals surface area contributed by atoms with Crippen molar-refractivity contribution in [2.75, 3.05) is 4.72 Å². The van der Waals surface area contributed by atoms with Gasteiger partial charge in [-0.05, 0) is 24.6 Å². The zero-order chi connectivity index (χ0) is 16.4. The lowest BCUT2D eigenvalue weighted by atomic mass is 10.2. The molecule has 0 aliphatic heterocycles. The van der Waals surface area contributed by atoms with Gasteiger partial charge in [0.05, 0.1) is 4.90 Å². The molecule has 0 fully saturated rings. The van der Waals surface area contributed by atoms with Crippen molar-refractivity contribution in [1.82, 2.24) is 9.36 Å². The standard InChI is InChI=1S/C15H12ClN3O2S2/c1-10-7-8-12(9-13(10)16)23(20,21)19-15-17-14(18-22-15)11-5-3-2-4-6-11/h2-9H,1H3,(H,17,18,19). The van der Waals surface area contributed by atoms with Gasteiger partial charge in [-0.1, -0.05) is 48.0 Å². The van der Waals surface area contributed by atoms with Crippen LogP contribution in [0.1, 0.15) is 5.56 Å². The number of benzene rings is 2. The minimum absolute atomic E-state index is 0.0876. The largest absolute Gasteiger partial charge is 0.263 e. The monoisotopic (exact) mass is 365 g/mol. The molecule has 0 aliphatic carbocycles. The summed E-state index contributed by atoms with van der Waals surface area (Å²) in [4.78, 5) is 4.30. The van der Waals surface area contributed by atoms with Crippen molar-refractivity contribution in [3.8, 4) is 11.4 Å². The van der Waals surface area contributed by atoms with Gasteiger partial charge in [-0.25, -0.2) is 8.42 Å². The number of halogens is 1. The average Bonchev–Trinajstić information content (AvgIpc) is 2.98. The molecular formula is C15H12ClN3O2S2. The van der Waals surface area contributed by atoms with Crippen molar-refractivity contribution in [3.63, 3.8) is 0 Å². The van der Waals surface area contributed by atoms with Gasteiger partial charge in [-0.3, -0.25) is 4.72 Å². The van der Waals surface area contributed by atoms with E-state index in [1.807, 2.05) is 37.3 Å². The van der Waals surface area contributed by atoms with E-state index >= 15 is 0 Å². The quantitative estimate of drug-likeness (QED) is 0.759. The number of anilines is 1. The molecule has 0 saturated heterocycles. The van der Waals surface area contributed by atoms with Crippen LogP contribution in [0, 0.1) is 6.92 Å². The van der Waals surface area contributed by atoms with Crippen LogP contribution >= 0.6 is 23.1 Å². The third-order valence-corrected chi connectivity index (χ3v) is 5.64. The molecule has 0 atom stereocenters. The first-order chi connectivity index (χ1) is 11.0. The number of aryl methyl sites for hydroxylation is 1. The molecule has 5 nitrogen and oxygen atoms in total. The molecule has 1 aromatic heterocycles. The summed E-state index contributed by atoms with van der Waals surface area (Å²) in [7, 11) is -3.75. The highest BCUT2D eigenvalue weighted by atomic mass is 35.5. The molecule has 3 aromatic rings. The molecule has 2 aromatic carbocycles. The average molecular weight is 366 g/mol. The summed E-state index contributed by atoms with van der Waals surface area (Å²) in [5, 5.41) is 0.607. The molecule has 0 amide bonds. The predicted octanol–water partition coefficient (Wildman–Crippen LogP) is 3.97. The molecule has 1 N–H and O–H groups in total. The molecule has 0 unspecified atom stereocenters. The number of nitrogens with one attached hydrogen (secondary N) is 1. The lowest BCUT2D eigenvalue weighted by molar-refractivity contribution is 0.601. The second-order valence-corrected chi connectivity index (χ2v) is 7.65. The van der Waals surface area contributed by atoms with E-state index < -0.39 is 10.0 Å². The molecule has 0 bridgehead atoms. The van der Waals surface area contributed by atoms with Crippen molar-refractivity contribution in [3.05, 3.63) is 59.1 Å². The second kappa shape index (κ2) is 6.27. The van der Waals surface area contributed by atoms with Crippen LogP contribution in [0.5, 0.6) is 0 Å². The smallest absolute Gasteiger partial charge is 0.253 e. The van der Waals surface area contributed by atoms with Crippen molar-refractivity contribution >= 4 is 38.3 Å². The molecule has 0 radical (unpaired) electrons. The summed E-state index contributed by atoms with van der Waals surface area (Å²) < 4.78 is 31.4. The number of rotatable bonds is 4. The van der Waals surface area contributed by atoms with Crippen molar-refractivity contribution in [1.29, 1.82) is 0 Å². The van der Waals surface area contributed by atoms with Crippen LogP contribution in [-0.2, 0) is 10.0 Å². The zero-order valence-electron chi connectivity index (χ0n) is 12.0. The Morgan fingerprint density at radius 1 is 1.13 bits per heavy atom. The Kier molecular flexibility index (Phi) is 4.34. The SMILES string of the molecule is Cc1ccc(S(=O)(=O)Nc2nc(-c3ccccc3)ns2)cc1Cl. The van der Waals surface area contributed by atoms with Crippen LogP contribution in [0.3, 0.4) is 0 Å². The Bertz CT molecular complexity index is 940. The fourth-order valence-electron chi connectivity index (χ4n) is 1.88. The van der Waals surface area contributed by atoms with Crippen LogP contribution in [0.4, 0.5) is 5.13 Å². The van der Waals surface area contributed by atoms with E-state index in [9.17, 15) is 8.42 Å². The van der Waals surface area contributed by atoms with Gasteiger partial charge >= 0.3 is 0 Å². The number of nitrogens with zero attached hydrogens (tertiary/aromatic N) is 2. The molecule has 23 heavy (non-hydrogen) atoms. The maximum Gasteiger partial charge on any atom is 0.263 e. The fourth-order valence-corrected chi connectivity index (χ4v) is 3.97. The maximum absolute atomic E-state index is 12.4. The first kappa shape index (κ1) is 15.9. The summed E-state index contributed by atoms with van der Waals surface area (Å²) in [6, 6.07) is 13.9. The third kappa shape index (κ3) is 3.52. The molecular weight excluding hydrogens is 354 g/mol. The van der Waals surface area contributed by atoms with E-state index in [1.54, 1.807) is 6.07 Å². The lowest BCUT2D eigenvalue weighted by Crippen LogP contribution is -2.12. The molecule has 0 spiro atoms. The van der Waals surface area contributed by atoms with E-state index in [-0.39, 0.29) is 10.0 Å². The van der Waals surface area contributed by atoms with E-state index in [2.05, 4.69) is 14.1 Å². The number of aromatic nitrogens is 2. The number of hydrogen-bond donors (Lipinski definition) is 1. The summed E-state index contributed by atoms with van der Waals surface area (Å²) >= 11 is 6.98. The van der Waals surface area contributed by atoms with Gasteiger partial charge in [0.25, 0.3) is 10.0 Å².